The lowest BCUT2D eigenvalue weighted by Crippen LogP contribution is -2.61. The standard InChI is InChI=1S/C69H121NO10/c1-4-7-10-13-16-19-22-25-27-29-30-31-32-33-34-35-37-39-42-45-48-51-54-57-64(74)80-67-66(76)65(75)63(58-71)79-69(67)78-59-60(61(72)55-52-49-46-43-40-24-21-18-15-12-9-6-3)70-68(77)62(73)56-53-50-47-44-41-38-36-28-26-23-20-17-14-11-8-5-2/h16-17,19-20,25-28,30-31,33-34,52,55,60-63,65-67,69,71-73,75-76H,4-15,18,21-24,29,32,35-51,53-54,56-59H2,1-3H3,(H,70,77)/b19-16-,20-17-,27-25-,28-26-,31-30-,34-33-,55-52+. The fourth-order valence-electron chi connectivity index (χ4n) is 9.78. The van der Waals surface area contributed by atoms with Gasteiger partial charge in [0.25, 0.3) is 0 Å². The molecule has 80 heavy (non-hydrogen) atoms. The van der Waals surface area contributed by atoms with Gasteiger partial charge in [-0.2, -0.15) is 0 Å². The topological polar surface area (TPSA) is 175 Å². The van der Waals surface area contributed by atoms with Crippen molar-refractivity contribution in [3.8, 4) is 0 Å². The number of hydrogen-bond acceptors (Lipinski definition) is 10. The molecular formula is C69H121NO10. The molecule has 0 aromatic carbocycles. The maximum atomic E-state index is 13.4. The van der Waals surface area contributed by atoms with Gasteiger partial charge in [0.15, 0.2) is 12.4 Å². The molecule has 462 valence electrons. The summed E-state index contributed by atoms with van der Waals surface area (Å²) in [6.07, 6.45) is 63.2. The molecule has 1 fully saturated rings. The van der Waals surface area contributed by atoms with Crippen LogP contribution in [0.5, 0.6) is 0 Å². The molecule has 8 unspecified atom stereocenters. The van der Waals surface area contributed by atoms with Gasteiger partial charge in [-0.15, -0.1) is 0 Å². The fraction of sp³-hybridized carbons (Fsp3) is 0.768. The van der Waals surface area contributed by atoms with Crippen LogP contribution < -0.4 is 5.32 Å². The first kappa shape index (κ1) is 74.9. The molecule has 1 rings (SSSR count). The second kappa shape index (κ2) is 56.3. The molecule has 1 amide bonds. The van der Waals surface area contributed by atoms with Gasteiger partial charge in [0.05, 0.1) is 25.4 Å². The van der Waals surface area contributed by atoms with E-state index in [0.717, 1.165) is 128 Å². The normalized spacial score (nSPS) is 19.3. The number of esters is 1. The van der Waals surface area contributed by atoms with Crippen LogP contribution >= 0.6 is 0 Å². The first-order chi connectivity index (χ1) is 39.2. The molecule has 6 N–H and O–H groups in total. The van der Waals surface area contributed by atoms with Gasteiger partial charge in [0.1, 0.15) is 24.4 Å². The minimum absolute atomic E-state index is 0.107. The van der Waals surface area contributed by atoms with E-state index in [0.29, 0.717) is 12.8 Å². The Morgan fingerprint density at radius 2 is 0.863 bits per heavy atom. The molecule has 8 atom stereocenters. The number of carbonyl (C=O) groups is 2. The number of hydrogen-bond donors (Lipinski definition) is 6. The Morgan fingerprint density at radius 1 is 0.487 bits per heavy atom. The second-order valence-electron chi connectivity index (χ2n) is 22.5. The number of ether oxygens (including phenoxy) is 3. The van der Waals surface area contributed by atoms with Crippen molar-refractivity contribution < 1.29 is 49.3 Å². The summed E-state index contributed by atoms with van der Waals surface area (Å²) in [4.78, 5) is 26.6. The lowest BCUT2D eigenvalue weighted by Gasteiger charge is -2.41. The number of rotatable bonds is 55. The van der Waals surface area contributed by atoms with E-state index in [2.05, 4.69) is 99.0 Å². The third kappa shape index (κ3) is 43.5. The monoisotopic (exact) mass is 1120 g/mol. The van der Waals surface area contributed by atoms with Crippen molar-refractivity contribution in [1.29, 1.82) is 0 Å². The third-order valence-electron chi connectivity index (χ3n) is 15.0. The molecule has 1 aliphatic heterocycles. The van der Waals surface area contributed by atoms with E-state index in [-0.39, 0.29) is 19.4 Å². The highest BCUT2D eigenvalue weighted by Gasteiger charge is 2.47. The molecule has 11 heteroatoms. The molecule has 0 spiro atoms. The zero-order valence-electron chi connectivity index (χ0n) is 51.2. The minimum Gasteiger partial charge on any atom is -0.454 e. The van der Waals surface area contributed by atoms with Crippen LogP contribution in [0.3, 0.4) is 0 Å². The van der Waals surface area contributed by atoms with Crippen LogP contribution in [-0.2, 0) is 23.8 Å². The van der Waals surface area contributed by atoms with Crippen LogP contribution in [0.1, 0.15) is 278 Å². The highest BCUT2D eigenvalue weighted by Crippen LogP contribution is 2.26. The van der Waals surface area contributed by atoms with Crippen LogP contribution in [0.15, 0.2) is 85.1 Å². The summed E-state index contributed by atoms with van der Waals surface area (Å²) < 4.78 is 17.6. The summed E-state index contributed by atoms with van der Waals surface area (Å²) in [6.45, 7) is 5.73. The van der Waals surface area contributed by atoms with Gasteiger partial charge < -0.3 is 45.1 Å². The van der Waals surface area contributed by atoms with Crippen LogP contribution in [0.4, 0.5) is 0 Å². The Morgan fingerprint density at radius 3 is 1.31 bits per heavy atom. The zero-order chi connectivity index (χ0) is 58.2. The smallest absolute Gasteiger partial charge is 0.306 e. The van der Waals surface area contributed by atoms with Gasteiger partial charge in [0, 0.05) is 6.42 Å². The molecule has 11 nitrogen and oxygen atoms in total. The van der Waals surface area contributed by atoms with Crippen molar-refractivity contribution in [2.24, 2.45) is 0 Å². The van der Waals surface area contributed by atoms with E-state index in [1.807, 2.05) is 6.08 Å². The van der Waals surface area contributed by atoms with Gasteiger partial charge >= 0.3 is 5.97 Å². The Bertz CT molecular complexity index is 1620. The largest absolute Gasteiger partial charge is 0.454 e. The predicted octanol–water partition coefficient (Wildman–Crippen LogP) is 16.1. The predicted molar refractivity (Wildman–Crippen MR) is 333 cm³/mol. The van der Waals surface area contributed by atoms with Crippen molar-refractivity contribution in [3.05, 3.63) is 85.1 Å². The van der Waals surface area contributed by atoms with E-state index in [1.165, 1.54) is 103 Å². The number of allylic oxidation sites excluding steroid dienone is 13. The lowest BCUT2D eigenvalue weighted by atomic mass is 9.99. The number of amides is 1. The zero-order valence-corrected chi connectivity index (χ0v) is 51.2. The van der Waals surface area contributed by atoms with Crippen molar-refractivity contribution in [3.63, 3.8) is 0 Å². The van der Waals surface area contributed by atoms with E-state index in [9.17, 15) is 35.1 Å². The van der Waals surface area contributed by atoms with E-state index >= 15 is 0 Å². The summed E-state index contributed by atoms with van der Waals surface area (Å²) in [6, 6.07) is -1.03. The maximum absolute atomic E-state index is 13.4. The molecular weight excluding hydrogens is 1000 g/mol. The number of nitrogens with one attached hydrogen (secondary N) is 1. The first-order valence-corrected chi connectivity index (χ1v) is 32.9. The van der Waals surface area contributed by atoms with Gasteiger partial charge in [-0.3, -0.25) is 9.59 Å². The van der Waals surface area contributed by atoms with Gasteiger partial charge in [-0.25, -0.2) is 0 Å². The van der Waals surface area contributed by atoms with Crippen LogP contribution in [0.25, 0.3) is 0 Å². The van der Waals surface area contributed by atoms with Crippen molar-refractivity contribution in [2.75, 3.05) is 13.2 Å². The van der Waals surface area contributed by atoms with Crippen LogP contribution in [0.2, 0.25) is 0 Å². The molecule has 0 saturated carbocycles. The summed E-state index contributed by atoms with van der Waals surface area (Å²) in [5.41, 5.74) is 0. The van der Waals surface area contributed by atoms with Gasteiger partial charge in [0.2, 0.25) is 5.91 Å². The van der Waals surface area contributed by atoms with E-state index in [1.54, 1.807) is 6.08 Å². The van der Waals surface area contributed by atoms with Crippen LogP contribution in [-0.4, -0.2) is 99.6 Å². The quantitative estimate of drug-likeness (QED) is 0.0195. The Hall–Kier alpha value is -3.16. The van der Waals surface area contributed by atoms with Crippen molar-refractivity contribution in [1.82, 2.24) is 5.32 Å². The first-order valence-electron chi connectivity index (χ1n) is 32.9. The molecule has 0 aliphatic carbocycles. The molecule has 1 aliphatic rings. The molecule has 0 aromatic rings. The second-order valence-corrected chi connectivity index (χ2v) is 22.5. The minimum atomic E-state index is -1.62. The Kier molecular flexibility index (Phi) is 52.7. The summed E-state index contributed by atoms with van der Waals surface area (Å²) in [7, 11) is 0. The van der Waals surface area contributed by atoms with Gasteiger partial charge in [-0.1, -0.05) is 254 Å². The lowest BCUT2D eigenvalue weighted by molar-refractivity contribution is -0.305. The summed E-state index contributed by atoms with van der Waals surface area (Å²) in [5.74, 6) is -1.21. The van der Waals surface area contributed by atoms with Crippen molar-refractivity contribution in [2.45, 2.75) is 327 Å². The van der Waals surface area contributed by atoms with E-state index < -0.39 is 67.4 Å². The number of aliphatic hydroxyl groups is 5. The number of aliphatic hydroxyl groups excluding tert-OH is 5. The van der Waals surface area contributed by atoms with Gasteiger partial charge in [-0.05, 0) is 103 Å². The SMILES string of the molecule is CCCCC/C=C\C/C=C\C/C=C\C/C=C\CCCCCCCCCC(=O)OC1C(OCC(NC(=O)C(O)CCCCCCCC/C=C\C/C=C\CCCCC)C(O)/C=C/CCCCCCCCCCCC)OC(CO)C(O)C1O. The Balaban J connectivity index is 2.64. The average Bonchev–Trinajstić information content (AvgIpc) is 3.48. The molecule has 0 bridgehead atoms. The fourth-order valence-corrected chi connectivity index (χ4v) is 9.78. The van der Waals surface area contributed by atoms with Crippen LogP contribution in [0, 0.1) is 0 Å². The highest BCUT2D eigenvalue weighted by molar-refractivity contribution is 5.80. The number of carbonyl (C=O) groups excluding carboxylic acids is 2. The van der Waals surface area contributed by atoms with Crippen molar-refractivity contribution >= 4 is 11.9 Å². The molecule has 0 aromatic heterocycles. The maximum Gasteiger partial charge on any atom is 0.306 e. The third-order valence-corrected chi connectivity index (χ3v) is 15.0. The summed E-state index contributed by atoms with van der Waals surface area (Å²) >= 11 is 0. The summed E-state index contributed by atoms with van der Waals surface area (Å²) in [5, 5.41) is 57.1. The molecule has 1 heterocycles. The average molecular weight is 1120 g/mol. The number of unbranched alkanes of at least 4 members (excludes halogenated alkanes) is 29. The Labute approximate surface area is 489 Å². The molecule has 0 radical (unpaired) electrons. The van der Waals surface area contributed by atoms with E-state index in [4.69, 9.17) is 14.2 Å². The highest BCUT2D eigenvalue weighted by atomic mass is 16.7. The molecule has 1 saturated heterocycles.